The molecule has 0 atom stereocenters. The highest BCUT2D eigenvalue weighted by Crippen LogP contribution is 2.21. The zero-order valence-electron chi connectivity index (χ0n) is 9.73. The van der Waals surface area contributed by atoms with Crippen molar-refractivity contribution in [1.82, 2.24) is 4.98 Å². The Balaban J connectivity index is 2.28. The van der Waals surface area contributed by atoms with Crippen LogP contribution in [0.1, 0.15) is 16.1 Å². The molecule has 0 bridgehead atoms. The second-order valence-corrected chi connectivity index (χ2v) is 3.86. The van der Waals surface area contributed by atoms with Crippen LogP contribution < -0.4 is 10.9 Å². The first-order valence-electron chi connectivity index (χ1n) is 5.37. The third-order valence-electron chi connectivity index (χ3n) is 2.45. The predicted octanol–water partition coefficient (Wildman–Crippen LogP) is 1.64. The molecule has 0 radical (unpaired) electrons. The van der Waals surface area contributed by atoms with Gasteiger partial charge in [0.05, 0.1) is 5.69 Å². The van der Waals surface area contributed by atoms with Crippen LogP contribution in [0.15, 0.2) is 41.2 Å². The molecule has 2 rings (SSSR count). The molecule has 5 nitrogen and oxygen atoms in total. The minimum Gasteiger partial charge on any atom is -0.506 e. The topological polar surface area (TPSA) is 82.2 Å². The number of para-hydroxylation sites is 2. The van der Waals surface area contributed by atoms with E-state index in [2.05, 4.69) is 10.3 Å². The van der Waals surface area contributed by atoms with Gasteiger partial charge in [0, 0.05) is 5.69 Å². The number of carbonyl (C=O) groups is 1. The fourth-order valence-electron chi connectivity index (χ4n) is 1.52. The van der Waals surface area contributed by atoms with Crippen molar-refractivity contribution in [1.29, 1.82) is 0 Å². The molecule has 1 amide bonds. The summed E-state index contributed by atoms with van der Waals surface area (Å²) in [6.45, 7) is 1.73. The molecule has 0 aliphatic heterocycles. The third kappa shape index (κ3) is 2.40. The maximum absolute atomic E-state index is 11.9. The summed E-state index contributed by atoms with van der Waals surface area (Å²) in [4.78, 5) is 26.0. The number of phenols is 1. The zero-order valence-corrected chi connectivity index (χ0v) is 9.73. The van der Waals surface area contributed by atoms with Crippen molar-refractivity contribution < 1.29 is 9.90 Å². The first-order valence-corrected chi connectivity index (χ1v) is 5.37. The SMILES string of the molecule is Cc1ccc(C(=O)Nc2ccccc2O)c(=O)[nH]1. The Morgan fingerprint density at radius 3 is 2.61 bits per heavy atom. The van der Waals surface area contributed by atoms with Gasteiger partial charge in [0.25, 0.3) is 11.5 Å². The van der Waals surface area contributed by atoms with Crippen LogP contribution in [0.4, 0.5) is 5.69 Å². The van der Waals surface area contributed by atoms with Crippen LogP contribution in [0.25, 0.3) is 0 Å². The number of hydrogen-bond acceptors (Lipinski definition) is 3. The number of aromatic nitrogens is 1. The fraction of sp³-hybridized carbons (Fsp3) is 0.0769. The van der Waals surface area contributed by atoms with Gasteiger partial charge in [-0.25, -0.2) is 0 Å². The first-order chi connectivity index (χ1) is 8.58. The average molecular weight is 244 g/mol. The molecule has 0 unspecified atom stereocenters. The van der Waals surface area contributed by atoms with E-state index in [4.69, 9.17) is 0 Å². The highest BCUT2D eigenvalue weighted by Gasteiger charge is 2.11. The molecule has 0 saturated heterocycles. The molecule has 0 fully saturated rings. The number of benzene rings is 1. The van der Waals surface area contributed by atoms with Crippen molar-refractivity contribution in [3.8, 4) is 5.75 Å². The van der Waals surface area contributed by atoms with Crippen LogP contribution in [-0.2, 0) is 0 Å². The summed E-state index contributed by atoms with van der Waals surface area (Å²) in [5.74, 6) is -0.604. The Bertz CT molecular complexity index is 647. The highest BCUT2D eigenvalue weighted by molar-refractivity contribution is 6.04. The molecule has 5 heteroatoms. The quantitative estimate of drug-likeness (QED) is 0.702. The molecule has 2 aromatic rings. The van der Waals surface area contributed by atoms with Gasteiger partial charge in [-0.3, -0.25) is 9.59 Å². The average Bonchev–Trinajstić information content (AvgIpc) is 2.32. The van der Waals surface area contributed by atoms with Gasteiger partial charge in [-0.1, -0.05) is 12.1 Å². The summed E-state index contributed by atoms with van der Waals surface area (Å²) in [7, 11) is 0. The number of phenolic OH excluding ortho intramolecular Hbond substituents is 1. The minimum absolute atomic E-state index is 0.00357. The molecule has 92 valence electrons. The maximum atomic E-state index is 11.9. The van der Waals surface area contributed by atoms with Gasteiger partial charge in [0.1, 0.15) is 11.3 Å². The Labute approximate surface area is 103 Å². The van der Waals surface area contributed by atoms with E-state index in [0.717, 1.165) is 0 Å². The van der Waals surface area contributed by atoms with Gasteiger partial charge in [-0.15, -0.1) is 0 Å². The van der Waals surface area contributed by atoms with Crippen molar-refractivity contribution in [2.45, 2.75) is 6.92 Å². The molecular formula is C13H12N2O3. The molecule has 0 saturated carbocycles. The summed E-state index contributed by atoms with van der Waals surface area (Å²) >= 11 is 0. The number of rotatable bonds is 2. The van der Waals surface area contributed by atoms with Crippen LogP contribution in [0.3, 0.4) is 0 Å². The lowest BCUT2D eigenvalue weighted by molar-refractivity contribution is 0.102. The van der Waals surface area contributed by atoms with Gasteiger partial charge < -0.3 is 15.4 Å². The summed E-state index contributed by atoms with van der Waals surface area (Å²) < 4.78 is 0. The van der Waals surface area contributed by atoms with Crippen LogP contribution in [-0.4, -0.2) is 16.0 Å². The van der Waals surface area contributed by atoms with E-state index in [1.807, 2.05) is 0 Å². The molecule has 0 spiro atoms. The standard InChI is InChI=1S/C13H12N2O3/c1-8-6-7-9(12(17)14-8)13(18)15-10-4-2-3-5-11(10)16/h2-7,16H,1H3,(H,14,17)(H,15,18). The number of amides is 1. The second kappa shape index (κ2) is 4.75. The first kappa shape index (κ1) is 11.9. The van der Waals surface area contributed by atoms with E-state index in [9.17, 15) is 14.7 Å². The molecule has 0 aliphatic carbocycles. The molecule has 3 N–H and O–H groups in total. The van der Waals surface area contributed by atoms with E-state index in [1.165, 1.54) is 12.1 Å². The number of H-pyrrole nitrogens is 1. The van der Waals surface area contributed by atoms with Crippen LogP contribution in [0, 0.1) is 6.92 Å². The van der Waals surface area contributed by atoms with E-state index in [0.29, 0.717) is 5.69 Å². The van der Waals surface area contributed by atoms with E-state index in [1.54, 1.807) is 31.2 Å². The lowest BCUT2D eigenvalue weighted by Crippen LogP contribution is -2.23. The number of hydrogen-bond donors (Lipinski definition) is 3. The van der Waals surface area contributed by atoms with Crippen molar-refractivity contribution in [2.24, 2.45) is 0 Å². The maximum Gasteiger partial charge on any atom is 0.261 e. The summed E-state index contributed by atoms with van der Waals surface area (Å²) in [6.07, 6.45) is 0. The van der Waals surface area contributed by atoms with Crippen molar-refractivity contribution in [3.63, 3.8) is 0 Å². The molecule has 1 aromatic carbocycles. The minimum atomic E-state index is -0.558. The second-order valence-electron chi connectivity index (χ2n) is 3.86. The lowest BCUT2D eigenvalue weighted by Gasteiger charge is -2.06. The number of aromatic amines is 1. The number of aromatic hydroxyl groups is 1. The lowest BCUT2D eigenvalue weighted by atomic mass is 10.2. The van der Waals surface area contributed by atoms with Gasteiger partial charge in [-0.2, -0.15) is 0 Å². The highest BCUT2D eigenvalue weighted by atomic mass is 16.3. The normalized spacial score (nSPS) is 10.1. The molecule has 18 heavy (non-hydrogen) atoms. The van der Waals surface area contributed by atoms with Gasteiger partial charge in [-0.05, 0) is 31.2 Å². The van der Waals surface area contributed by atoms with Crippen molar-refractivity contribution in [2.75, 3.05) is 5.32 Å². The fourth-order valence-corrected chi connectivity index (χ4v) is 1.52. The molecule has 0 aliphatic rings. The number of anilines is 1. The number of aryl methyl sites for hydroxylation is 1. The van der Waals surface area contributed by atoms with E-state index < -0.39 is 11.5 Å². The van der Waals surface area contributed by atoms with Crippen LogP contribution in [0.2, 0.25) is 0 Å². The van der Waals surface area contributed by atoms with Gasteiger partial charge in [0.2, 0.25) is 0 Å². The number of pyridine rings is 1. The molecular weight excluding hydrogens is 232 g/mol. The Morgan fingerprint density at radius 1 is 1.22 bits per heavy atom. The summed E-state index contributed by atoms with van der Waals surface area (Å²) in [5, 5.41) is 12.0. The Hall–Kier alpha value is -2.56. The van der Waals surface area contributed by atoms with E-state index in [-0.39, 0.29) is 17.0 Å². The van der Waals surface area contributed by atoms with Crippen LogP contribution >= 0.6 is 0 Å². The monoisotopic (exact) mass is 244 g/mol. The smallest absolute Gasteiger partial charge is 0.261 e. The van der Waals surface area contributed by atoms with Crippen LogP contribution in [0.5, 0.6) is 5.75 Å². The summed E-state index contributed by atoms with van der Waals surface area (Å²) in [6, 6.07) is 9.41. The Morgan fingerprint density at radius 2 is 1.94 bits per heavy atom. The largest absolute Gasteiger partial charge is 0.506 e. The number of nitrogens with one attached hydrogen (secondary N) is 2. The molecule has 1 heterocycles. The third-order valence-corrected chi connectivity index (χ3v) is 2.45. The van der Waals surface area contributed by atoms with Gasteiger partial charge in [0.15, 0.2) is 0 Å². The zero-order chi connectivity index (χ0) is 13.1. The Kier molecular flexibility index (Phi) is 3.14. The molecule has 1 aromatic heterocycles. The van der Waals surface area contributed by atoms with Crippen molar-refractivity contribution in [3.05, 3.63) is 58.0 Å². The predicted molar refractivity (Wildman–Crippen MR) is 67.9 cm³/mol. The summed E-state index contributed by atoms with van der Waals surface area (Å²) in [5.41, 5.74) is 0.494. The van der Waals surface area contributed by atoms with Crippen molar-refractivity contribution >= 4 is 11.6 Å². The van der Waals surface area contributed by atoms with E-state index >= 15 is 0 Å². The number of carbonyl (C=O) groups excluding carboxylic acids is 1. The van der Waals surface area contributed by atoms with Gasteiger partial charge >= 0.3 is 0 Å².